The third-order valence-corrected chi connectivity index (χ3v) is 4.24. The van der Waals surface area contributed by atoms with Crippen LogP contribution in [0.4, 0.5) is 5.82 Å². The molecule has 3 rings (SSSR count). The lowest BCUT2D eigenvalue weighted by molar-refractivity contribution is 0.218. The third kappa shape index (κ3) is 3.79. The van der Waals surface area contributed by atoms with Gasteiger partial charge in [-0.2, -0.15) is 5.10 Å². The first kappa shape index (κ1) is 14.9. The molecule has 3 heterocycles. The Kier molecular flexibility index (Phi) is 4.62. The summed E-state index contributed by atoms with van der Waals surface area (Å²) in [5.74, 6) is 1.47. The molecule has 118 valence electrons. The highest BCUT2D eigenvalue weighted by atomic mass is 16.6. The van der Waals surface area contributed by atoms with E-state index >= 15 is 0 Å². The average Bonchev–Trinajstić information content (AvgIpc) is 2.94. The fourth-order valence-corrected chi connectivity index (χ4v) is 2.71. The van der Waals surface area contributed by atoms with E-state index in [-0.39, 0.29) is 0 Å². The molecule has 22 heavy (non-hydrogen) atoms. The van der Waals surface area contributed by atoms with Crippen LogP contribution in [0.5, 0.6) is 0 Å². The summed E-state index contributed by atoms with van der Waals surface area (Å²) in [4.78, 5) is 2.38. The van der Waals surface area contributed by atoms with Gasteiger partial charge in [0.1, 0.15) is 17.2 Å². The molecule has 1 aliphatic rings. The number of hydrogen-bond donors (Lipinski definition) is 1. The maximum absolute atomic E-state index is 4.67. The minimum atomic E-state index is 0.540. The summed E-state index contributed by atoms with van der Waals surface area (Å²) < 4.78 is 4.67. The number of rotatable bonds is 5. The van der Waals surface area contributed by atoms with Crippen molar-refractivity contribution in [2.75, 3.05) is 25.5 Å². The van der Waals surface area contributed by atoms with Crippen LogP contribution < -0.4 is 5.32 Å². The summed E-state index contributed by atoms with van der Waals surface area (Å²) in [6, 6.07) is 4.03. The van der Waals surface area contributed by atoms with Gasteiger partial charge < -0.3 is 10.2 Å². The van der Waals surface area contributed by atoms with Gasteiger partial charge in [-0.1, -0.05) is 10.3 Å². The van der Waals surface area contributed by atoms with Crippen molar-refractivity contribution in [3.8, 4) is 0 Å². The van der Waals surface area contributed by atoms with Crippen LogP contribution in [0, 0.1) is 12.8 Å². The number of likely N-dealkylation sites (tertiary alicyclic amines) is 1. The maximum atomic E-state index is 4.67. The van der Waals surface area contributed by atoms with Gasteiger partial charge in [0.05, 0.1) is 12.2 Å². The molecule has 0 atom stereocenters. The van der Waals surface area contributed by atoms with E-state index in [9.17, 15) is 0 Å². The van der Waals surface area contributed by atoms with E-state index in [1.165, 1.54) is 25.9 Å². The molecule has 1 N–H and O–H groups in total. The summed E-state index contributed by atoms with van der Waals surface area (Å²) in [5.41, 5.74) is 2.65. The zero-order valence-corrected chi connectivity index (χ0v) is 13.1. The molecule has 1 aliphatic heterocycles. The highest BCUT2D eigenvalue weighted by Crippen LogP contribution is 2.20. The summed E-state index contributed by atoms with van der Waals surface area (Å²) in [7, 11) is 2.18. The van der Waals surface area contributed by atoms with E-state index in [1.807, 2.05) is 13.0 Å². The molecule has 0 bridgehead atoms. The van der Waals surface area contributed by atoms with Gasteiger partial charge in [0.25, 0.3) is 0 Å². The largest absolute Gasteiger partial charge is 0.363 e. The lowest BCUT2D eigenvalue weighted by Gasteiger charge is -2.28. The van der Waals surface area contributed by atoms with Gasteiger partial charge in [-0.3, -0.25) is 0 Å². The zero-order valence-electron chi connectivity index (χ0n) is 13.1. The molecule has 0 saturated carbocycles. The fourth-order valence-electron chi connectivity index (χ4n) is 2.71. The molecule has 0 unspecified atom stereocenters. The van der Waals surface area contributed by atoms with Gasteiger partial charge in [0, 0.05) is 0 Å². The van der Waals surface area contributed by atoms with Crippen molar-refractivity contribution in [3.63, 3.8) is 0 Å². The molecular formula is C15H22N6O. The van der Waals surface area contributed by atoms with Crippen LogP contribution >= 0.6 is 0 Å². The first-order valence-corrected chi connectivity index (χ1v) is 7.74. The minimum absolute atomic E-state index is 0.540. The molecule has 7 heteroatoms. The normalized spacial score (nSPS) is 16.8. The summed E-state index contributed by atoms with van der Waals surface area (Å²) >= 11 is 0. The van der Waals surface area contributed by atoms with Gasteiger partial charge in [-0.15, -0.1) is 5.10 Å². The second kappa shape index (κ2) is 6.83. The number of nitrogens with zero attached hydrogens (tertiary/aromatic N) is 5. The molecule has 1 saturated heterocycles. The first-order chi connectivity index (χ1) is 10.7. The lowest BCUT2D eigenvalue weighted by atomic mass is 9.92. The molecular weight excluding hydrogens is 280 g/mol. The van der Waals surface area contributed by atoms with Gasteiger partial charge in [-0.05, 0) is 64.4 Å². The topological polar surface area (TPSA) is 80.0 Å². The molecule has 0 aromatic carbocycles. The number of aryl methyl sites for hydroxylation is 1. The van der Waals surface area contributed by atoms with E-state index in [4.69, 9.17) is 0 Å². The van der Waals surface area contributed by atoms with Crippen LogP contribution in [-0.4, -0.2) is 45.5 Å². The Morgan fingerprint density at radius 1 is 1.23 bits per heavy atom. The molecule has 0 amide bonds. The molecule has 7 nitrogen and oxygen atoms in total. The quantitative estimate of drug-likeness (QED) is 0.899. The number of anilines is 1. The van der Waals surface area contributed by atoms with E-state index in [1.54, 1.807) is 0 Å². The van der Waals surface area contributed by atoms with Crippen molar-refractivity contribution in [3.05, 3.63) is 29.2 Å². The van der Waals surface area contributed by atoms with Crippen molar-refractivity contribution in [1.29, 1.82) is 0 Å². The smallest absolute Gasteiger partial charge is 0.148 e. The first-order valence-electron chi connectivity index (χ1n) is 7.74. The second-order valence-electron chi connectivity index (χ2n) is 6.01. The van der Waals surface area contributed by atoms with Crippen molar-refractivity contribution in [2.24, 2.45) is 5.92 Å². The van der Waals surface area contributed by atoms with Crippen molar-refractivity contribution in [1.82, 2.24) is 25.4 Å². The summed E-state index contributed by atoms with van der Waals surface area (Å²) in [5, 5.41) is 19.3. The second-order valence-corrected chi connectivity index (χ2v) is 6.01. The minimum Gasteiger partial charge on any atom is -0.363 e. The Balaban J connectivity index is 1.51. The Bertz CT molecular complexity index is 588. The van der Waals surface area contributed by atoms with Crippen LogP contribution in [0.3, 0.4) is 0 Å². The van der Waals surface area contributed by atoms with E-state index in [0.29, 0.717) is 6.54 Å². The molecule has 0 radical (unpaired) electrons. The lowest BCUT2D eigenvalue weighted by Crippen LogP contribution is -2.31. The Hall–Kier alpha value is -2.02. The standard InChI is InChI=1S/C15H22N6O/c1-11-14(20-22-19-11)10-16-15-4-3-13(17-18-15)9-12-5-7-21(2)8-6-12/h3-4,12H,5-10H2,1-2H3,(H,16,18). The van der Waals surface area contributed by atoms with Crippen molar-refractivity contribution >= 4 is 5.82 Å². The average molecular weight is 302 g/mol. The van der Waals surface area contributed by atoms with E-state index in [2.05, 4.69) is 48.5 Å². The molecule has 2 aromatic heterocycles. The van der Waals surface area contributed by atoms with Gasteiger partial charge in [0.2, 0.25) is 0 Å². The predicted molar refractivity (Wildman–Crippen MR) is 82.3 cm³/mol. The number of nitrogens with one attached hydrogen (secondary N) is 1. The monoisotopic (exact) mass is 302 g/mol. The van der Waals surface area contributed by atoms with Gasteiger partial charge in [-0.25, -0.2) is 4.63 Å². The van der Waals surface area contributed by atoms with Gasteiger partial charge in [0.15, 0.2) is 0 Å². The Morgan fingerprint density at radius 3 is 2.68 bits per heavy atom. The van der Waals surface area contributed by atoms with Crippen LogP contribution in [-0.2, 0) is 13.0 Å². The third-order valence-electron chi connectivity index (χ3n) is 4.24. The Labute approximate surface area is 130 Å². The number of aromatic nitrogens is 4. The molecule has 2 aromatic rings. The SMILES string of the molecule is Cc1nonc1CNc1ccc(CC2CCN(C)CC2)nn1. The number of hydrogen-bond acceptors (Lipinski definition) is 7. The van der Waals surface area contributed by atoms with E-state index < -0.39 is 0 Å². The van der Waals surface area contributed by atoms with E-state index in [0.717, 1.165) is 35.2 Å². The van der Waals surface area contributed by atoms with Crippen LogP contribution in [0.15, 0.2) is 16.8 Å². The van der Waals surface area contributed by atoms with Gasteiger partial charge >= 0.3 is 0 Å². The molecule has 1 fully saturated rings. The van der Waals surface area contributed by atoms with Crippen molar-refractivity contribution < 1.29 is 4.63 Å². The summed E-state index contributed by atoms with van der Waals surface area (Å²) in [6.45, 7) is 4.77. The highest BCUT2D eigenvalue weighted by Gasteiger charge is 2.17. The van der Waals surface area contributed by atoms with Crippen molar-refractivity contribution in [2.45, 2.75) is 32.7 Å². The summed E-state index contributed by atoms with van der Waals surface area (Å²) in [6.07, 6.45) is 3.51. The maximum Gasteiger partial charge on any atom is 0.148 e. The fraction of sp³-hybridized carbons (Fsp3) is 0.600. The number of piperidine rings is 1. The van der Waals surface area contributed by atoms with Crippen LogP contribution in [0.1, 0.15) is 29.9 Å². The predicted octanol–water partition coefficient (Wildman–Crippen LogP) is 1.66. The highest BCUT2D eigenvalue weighted by molar-refractivity contribution is 5.33. The van der Waals surface area contributed by atoms with Crippen LogP contribution in [0.25, 0.3) is 0 Å². The molecule has 0 aliphatic carbocycles. The zero-order chi connectivity index (χ0) is 15.4. The Morgan fingerprint density at radius 2 is 2.05 bits per heavy atom. The molecule has 0 spiro atoms. The van der Waals surface area contributed by atoms with Crippen LogP contribution in [0.2, 0.25) is 0 Å².